The van der Waals surface area contributed by atoms with E-state index in [1.807, 2.05) is 32.0 Å². The zero-order valence-corrected chi connectivity index (χ0v) is 15.0. The number of carbonyl (C=O) groups excluding carboxylic acids is 2. The number of nitrogens with one attached hydrogen (secondary N) is 2. The van der Waals surface area contributed by atoms with Gasteiger partial charge in [-0.15, -0.1) is 11.8 Å². The summed E-state index contributed by atoms with van der Waals surface area (Å²) in [5, 5.41) is 8.82. The van der Waals surface area contributed by atoms with Gasteiger partial charge in [-0.3, -0.25) is 9.59 Å². The van der Waals surface area contributed by atoms with Crippen molar-refractivity contribution in [2.45, 2.75) is 32.9 Å². The number of hydrogen-bond donors (Lipinski definition) is 2. The van der Waals surface area contributed by atoms with Gasteiger partial charge in [0, 0.05) is 11.8 Å². The Kier molecular flexibility index (Phi) is 6.03. The van der Waals surface area contributed by atoms with Crippen molar-refractivity contribution in [3.05, 3.63) is 41.2 Å². The molecule has 0 aliphatic rings. The highest BCUT2D eigenvalue weighted by Gasteiger charge is 2.17. The molecule has 1 atom stereocenters. The average Bonchev–Trinajstić information content (AvgIpc) is 2.93. The normalized spacial score (nSPS) is 11.8. The summed E-state index contributed by atoms with van der Waals surface area (Å²) in [6, 6.07) is 7.41. The molecule has 24 heavy (non-hydrogen) atoms. The number of anilines is 2. The molecular formula is C17H21N3O3S. The molecule has 0 bridgehead atoms. The average molecular weight is 347 g/mol. The second-order valence-corrected chi connectivity index (χ2v) is 6.94. The minimum absolute atomic E-state index is 0.139. The number of thioether (sulfide) groups is 1. The fourth-order valence-corrected chi connectivity index (χ4v) is 2.63. The van der Waals surface area contributed by atoms with Crippen LogP contribution in [-0.4, -0.2) is 28.0 Å². The maximum Gasteiger partial charge on any atom is 0.238 e. The molecule has 6 nitrogen and oxygen atoms in total. The van der Waals surface area contributed by atoms with Gasteiger partial charge >= 0.3 is 0 Å². The molecular weight excluding hydrogens is 326 g/mol. The largest absolute Gasteiger partial charge is 0.360 e. The molecule has 0 fully saturated rings. The van der Waals surface area contributed by atoms with Crippen LogP contribution in [0.3, 0.4) is 0 Å². The number of hydrogen-bond acceptors (Lipinski definition) is 5. The molecule has 0 aliphatic heterocycles. The van der Waals surface area contributed by atoms with E-state index in [0.29, 0.717) is 11.6 Å². The highest BCUT2D eigenvalue weighted by atomic mass is 32.2. The molecule has 0 saturated heterocycles. The Bertz CT molecular complexity index is 742. The van der Waals surface area contributed by atoms with Crippen molar-refractivity contribution in [1.29, 1.82) is 0 Å². The number of carbonyl (C=O) groups is 2. The smallest absolute Gasteiger partial charge is 0.238 e. The highest BCUT2D eigenvalue weighted by Crippen LogP contribution is 2.17. The van der Waals surface area contributed by atoms with Gasteiger partial charge in [0.05, 0.1) is 11.0 Å². The van der Waals surface area contributed by atoms with Crippen LogP contribution in [-0.2, 0) is 9.59 Å². The van der Waals surface area contributed by atoms with E-state index in [4.69, 9.17) is 4.52 Å². The van der Waals surface area contributed by atoms with Gasteiger partial charge in [0.2, 0.25) is 11.8 Å². The van der Waals surface area contributed by atoms with Crippen LogP contribution >= 0.6 is 11.8 Å². The molecule has 0 radical (unpaired) electrons. The second kappa shape index (κ2) is 8.01. The maximum atomic E-state index is 12.0. The van der Waals surface area contributed by atoms with Gasteiger partial charge in [-0.05, 0) is 51.0 Å². The fourth-order valence-electron chi connectivity index (χ4n) is 1.95. The minimum atomic E-state index is -0.382. The second-order valence-electron chi connectivity index (χ2n) is 5.61. The third-order valence-corrected chi connectivity index (χ3v) is 4.65. The van der Waals surface area contributed by atoms with Gasteiger partial charge in [-0.1, -0.05) is 11.2 Å². The summed E-state index contributed by atoms with van der Waals surface area (Å²) in [7, 11) is 0. The Balaban J connectivity index is 1.79. The third-order valence-electron chi connectivity index (χ3n) is 3.50. The van der Waals surface area contributed by atoms with Crippen molar-refractivity contribution in [1.82, 2.24) is 5.16 Å². The zero-order valence-electron chi connectivity index (χ0n) is 14.2. The van der Waals surface area contributed by atoms with Crippen LogP contribution in [0.5, 0.6) is 0 Å². The fraction of sp³-hybridized carbons (Fsp3) is 0.353. The van der Waals surface area contributed by atoms with Crippen LogP contribution in [0.25, 0.3) is 0 Å². The van der Waals surface area contributed by atoms with Gasteiger partial charge in [0.25, 0.3) is 0 Å². The summed E-state index contributed by atoms with van der Waals surface area (Å²) in [6.07, 6.45) is 0. The number of rotatable bonds is 6. The van der Waals surface area contributed by atoms with E-state index >= 15 is 0 Å². The first kappa shape index (κ1) is 18.1. The molecule has 1 aromatic carbocycles. The minimum Gasteiger partial charge on any atom is -0.360 e. The van der Waals surface area contributed by atoms with E-state index in [-0.39, 0.29) is 22.8 Å². The van der Waals surface area contributed by atoms with Crippen LogP contribution in [0.1, 0.15) is 23.8 Å². The van der Waals surface area contributed by atoms with E-state index in [0.717, 1.165) is 11.3 Å². The molecule has 7 heteroatoms. The summed E-state index contributed by atoms with van der Waals surface area (Å²) >= 11 is 1.26. The Morgan fingerprint density at radius 3 is 2.54 bits per heavy atom. The van der Waals surface area contributed by atoms with Gasteiger partial charge in [0.1, 0.15) is 5.76 Å². The number of aromatic nitrogens is 1. The predicted octanol–water partition coefficient (Wildman–Crippen LogP) is 3.30. The van der Waals surface area contributed by atoms with E-state index in [2.05, 4.69) is 15.8 Å². The summed E-state index contributed by atoms with van der Waals surface area (Å²) in [5.41, 5.74) is 3.06. The van der Waals surface area contributed by atoms with Crippen molar-refractivity contribution < 1.29 is 14.1 Å². The topological polar surface area (TPSA) is 84.2 Å². The van der Waals surface area contributed by atoms with E-state index in [9.17, 15) is 9.59 Å². The summed E-state index contributed by atoms with van der Waals surface area (Å²) < 4.78 is 4.89. The Morgan fingerprint density at radius 2 is 1.92 bits per heavy atom. The lowest BCUT2D eigenvalue weighted by molar-refractivity contribution is -0.115. The zero-order chi connectivity index (χ0) is 17.7. The SMILES string of the molecule is Cc1cc(NC(=O)[C@@H](C)SCC(=O)Nc2ccc(C)c(C)c2)no1. The molecule has 2 N–H and O–H groups in total. The molecule has 2 aromatic rings. The van der Waals surface area contributed by atoms with Crippen LogP contribution in [0.2, 0.25) is 0 Å². The lowest BCUT2D eigenvalue weighted by Crippen LogP contribution is -2.25. The predicted molar refractivity (Wildman–Crippen MR) is 96.3 cm³/mol. The Labute approximate surface area is 145 Å². The quantitative estimate of drug-likeness (QED) is 0.837. The summed E-state index contributed by atoms with van der Waals surface area (Å²) in [4.78, 5) is 24.0. The molecule has 0 spiro atoms. The lowest BCUT2D eigenvalue weighted by atomic mass is 10.1. The van der Waals surface area contributed by atoms with Crippen LogP contribution in [0.15, 0.2) is 28.8 Å². The molecule has 1 aromatic heterocycles. The first-order valence-electron chi connectivity index (χ1n) is 7.58. The first-order chi connectivity index (χ1) is 11.3. The van der Waals surface area contributed by atoms with Crippen molar-refractivity contribution in [2.24, 2.45) is 0 Å². The number of amides is 2. The molecule has 128 valence electrons. The molecule has 0 unspecified atom stereocenters. The molecule has 2 rings (SSSR count). The summed E-state index contributed by atoms with van der Waals surface area (Å²) in [5.74, 6) is 0.842. The Morgan fingerprint density at radius 1 is 1.17 bits per heavy atom. The van der Waals surface area contributed by atoms with Crippen molar-refractivity contribution in [3.63, 3.8) is 0 Å². The molecule has 1 heterocycles. The molecule has 0 aliphatic carbocycles. The third kappa shape index (κ3) is 5.13. The van der Waals surface area contributed by atoms with Gasteiger partial charge < -0.3 is 15.2 Å². The monoisotopic (exact) mass is 347 g/mol. The molecule has 2 amide bonds. The van der Waals surface area contributed by atoms with E-state index < -0.39 is 0 Å². The molecule has 0 saturated carbocycles. The van der Waals surface area contributed by atoms with Gasteiger partial charge in [-0.2, -0.15) is 0 Å². The summed E-state index contributed by atoms with van der Waals surface area (Å²) in [6.45, 7) is 7.51. The maximum absolute atomic E-state index is 12.0. The lowest BCUT2D eigenvalue weighted by Gasteiger charge is -2.11. The Hall–Kier alpha value is -2.28. The van der Waals surface area contributed by atoms with Crippen molar-refractivity contribution in [2.75, 3.05) is 16.4 Å². The first-order valence-corrected chi connectivity index (χ1v) is 8.63. The number of benzene rings is 1. The van der Waals surface area contributed by atoms with E-state index in [1.54, 1.807) is 19.9 Å². The highest BCUT2D eigenvalue weighted by molar-refractivity contribution is 8.01. The van der Waals surface area contributed by atoms with Gasteiger partial charge in [0.15, 0.2) is 5.82 Å². The van der Waals surface area contributed by atoms with E-state index in [1.165, 1.54) is 17.3 Å². The van der Waals surface area contributed by atoms with Crippen molar-refractivity contribution >= 4 is 35.1 Å². The van der Waals surface area contributed by atoms with Gasteiger partial charge in [-0.25, -0.2) is 0 Å². The van der Waals surface area contributed by atoms with Crippen LogP contribution in [0.4, 0.5) is 11.5 Å². The number of aryl methyl sites for hydroxylation is 3. The van der Waals surface area contributed by atoms with Crippen molar-refractivity contribution in [3.8, 4) is 0 Å². The number of nitrogens with zero attached hydrogens (tertiary/aromatic N) is 1. The standard InChI is InChI=1S/C17H21N3O3S/c1-10-5-6-14(7-11(10)2)18-16(21)9-24-13(4)17(22)19-15-8-12(3)23-20-15/h5-8,13H,9H2,1-4H3,(H,18,21)(H,19,20,22)/t13-/m1/s1. The van der Waals surface area contributed by atoms with Crippen LogP contribution in [0, 0.1) is 20.8 Å². The van der Waals surface area contributed by atoms with Crippen LogP contribution < -0.4 is 10.6 Å².